The third-order valence-electron chi connectivity index (χ3n) is 5.05. The Balaban J connectivity index is 1.45. The standard InChI is InChI=1S/C26H32N2O4/c1-27(2)21-13-23(29)17-25(15-21)31-11-7-8-12-32-26-16-22(14-24(30)18-26)28(3)19-20-9-5-4-6-10-20/h4-6,9-10,13-18,29-30H,7-8,11-12,19H2,1-3H3. The van der Waals surface area contributed by atoms with E-state index in [9.17, 15) is 10.2 Å². The minimum absolute atomic E-state index is 0.182. The highest BCUT2D eigenvalue weighted by molar-refractivity contribution is 5.55. The van der Waals surface area contributed by atoms with Crippen LogP contribution in [0.5, 0.6) is 23.0 Å². The Morgan fingerprint density at radius 1 is 0.688 bits per heavy atom. The van der Waals surface area contributed by atoms with E-state index in [1.165, 1.54) is 5.56 Å². The number of ether oxygens (including phenoxy) is 2. The molecule has 0 aliphatic heterocycles. The largest absolute Gasteiger partial charge is 0.508 e. The number of unbranched alkanes of at least 4 members (excludes halogenated alkanes) is 1. The van der Waals surface area contributed by atoms with Gasteiger partial charge in [0.15, 0.2) is 0 Å². The number of aromatic hydroxyl groups is 2. The SMILES string of the molecule is CN(C)c1cc(O)cc(OCCCCOc2cc(O)cc(N(C)Cc3ccccc3)c2)c1. The Morgan fingerprint density at radius 2 is 1.22 bits per heavy atom. The summed E-state index contributed by atoms with van der Waals surface area (Å²) in [5.74, 6) is 1.66. The highest BCUT2D eigenvalue weighted by atomic mass is 16.5. The van der Waals surface area contributed by atoms with Gasteiger partial charge < -0.3 is 29.5 Å². The predicted octanol–water partition coefficient (Wildman–Crippen LogP) is 5.04. The molecule has 0 fully saturated rings. The van der Waals surface area contributed by atoms with Gasteiger partial charge in [0.05, 0.1) is 13.2 Å². The number of phenolic OH excluding ortho intramolecular Hbond substituents is 2. The maximum absolute atomic E-state index is 10.1. The van der Waals surface area contributed by atoms with Crippen LogP contribution in [0.15, 0.2) is 66.7 Å². The maximum Gasteiger partial charge on any atom is 0.125 e. The van der Waals surface area contributed by atoms with Crippen LogP contribution in [0.1, 0.15) is 18.4 Å². The lowest BCUT2D eigenvalue weighted by Gasteiger charge is -2.20. The first kappa shape index (κ1) is 23.1. The monoisotopic (exact) mass is 436 g/mol. The molecule has 0 saturated heterocycles. The zero-order valence-corrected chi connectivity index (χ0v) is 19.0. The average Bonchev–Trinajstić information content (AvgIpc) is 2.76. The Bertz CT molecular complexity index is 992. The summed E-state index contributed by atoms with van der Waals surface area (Å²) in [6, 6.07) is 20.7. The van der Waals surface area contributed by atoms with E-state index >= 15 is 0 Å². The van der Waals surface area contributed by atoms with E-state index in [-0.39, 0.29) is 11.5 Å². The van der Waals surface area contributed by atoms with E-state index < -0.39 is 0 Å². The Morgan fingerprint density at radius 3 is 1.78 bits per heavy atom. The van der Waals surface area contributed by atoms with Gasteiger partial charge in [0.1, 0.15) is 23.0 Å². The van der Waals surface area contributed by atoms with Gasteiger partial charge in [-0.25, -0.2) is 0 Å². The molecule has 2 N–H and O–H groups in total. The highest BCUT2D eigenvalue weighted by Gasteiger charge is 2.07. The second-order valence-electron chi connectivity index (χ2n) is 8.01. The number of phenols is 2. The van der Waals surface area contributed by atoms with Crippen molar-refractivity contribution in [3.8, 4) is 23.0 Å². The summed E-state index contributed by atoms with van der Waals surface area (Å²) >= 11 is 0. The van der Waals surface area contributed by atoms with Crippen molar-refractivity contribution in [1.82, 2.24) is 0 Å². The number of rotatable bonds is 11. The zero-order valence-electron chi connectivity index (χ0n) is 19.0. The molecule has 170 valence electrons. The molecule has 0 saturated carbocycles. The number of benzene rings is 3. The van der Waals surface area contributed by atoms with Crippen LogP contribution in [0.25, 0.3) is 0 Å². The molecule has 0 aromatic heterocycles. The molecule has 0 radical (unpaired) electrons. The van der Waals surface area contributed by atoms with E-state index in [0.717, 1.165) is 30.8 Å². The van der Waals surface area contributed by atoms with Gasteiger partial charge in [0.2, 0.25) is 0 Å². The fourth-order valence-electron chi connectivity index (χ4n) is 3.31. The topological polar surface area (TPSA) is 65.4 Å². The Kier molecular flexibility index (Phi) is 8.08. The molecule has 3 rings (SSSR count). The molecule has 0 aliphatic rings. The van der Waals surface area contributed by atoms with E-state index in [4.69, 9.17) is 9.47 Å². The summed E-state index contributed by atoms with van der Waals surface area (Å²) in [4.78, 5) is 3.99. The van der Waals surface area contributed by atoms with Crippen molar-refractivity contribution in [2.24, 2.45) is 0 Å². The lowest BCUT2D eigenvalue weighted by Crippen LogP contribution is -2.16. The summed E-state index contributed by atoms with van der Waals surface area (Å²) in [6.07, 6.45) is 1.62. The van der Waals surface area contributed by atoms with Crippen molar-refractivity contribution >= 4 is 11.4 Å². The molecule has 0 amide bonds. The Labute approximate surface area is 190 Å². The van der Waals surface area contributed by atoms with Gasteiger partial charge in [0, 0.05) is 75.5 Å². The number of nitrogens with zero attached hydrogens (tertiary/aromatic N) is 2. The predicted molar refractivity (Wildman–Crippen MR) is 129 cm³/mol. The molecule has 3 aromatic carbocycles. The molecular formula is C26H32N2O4. The smallest absolute Gasteiger partial charge is 0.125 e. The van der Waals surface area contributed by atoms with E-state index in [1.807, 2.05) is 56.4 Å². The van der Waals surface area contributed by atoms with Crippen LogP contribution in [0.3, 0.4) is 0 Å². The van der Waals surface area contributed by atoms with Gasteiger partial charge in [-0.15, -0.1) is 0 Å². The van der Waals surface area contributed by atoms with Crippen LogP contribution in [-0.4, -0.2) is 44.6 Å². The van der Waals surface area contributed by atoms with E-state index in [1.54, 1.807) is 24.3 Å². The number of anilines is 2. The molecule has 0 unspecified atom stereocenters. The first-order valence-corrected chi connectivity index (χ1v) is 10.8. The fourth-order valence-corrected chi connectivity index (χ4v) is 3.31. The minimum Gasteiger partial charge on any atom is -0.508 e. The molecule has 0 atom stereocenters. The average molecular weight is 437 g/mol. The molecule has 6 nitrogen and oxygen atoms in total. The summed E-state index contributed by atoms with van der Waals surface area (Å²) < 4.78 is 11.6. The van der Waals surface area contributed by atoms with Gasteiger partial charge in [-0.05, 0) is 18.4 Å². The van der Waals surface area contributed by atoms with Crippen molar-refractivity contribution in [3.05, 3.63) is 72.3 Å². The molecule has 0 spiro atoms. The molecular weight excluding hydrogens is 404 g/mol. The van der Waals surface area contributed by atoms with Gasteiger partial charge in [0.25, 0.3) is 0 Å². The lowest BCUT2D eigenvalue weighted by atomic mass is 10.2. The van der Waals surface area contributed by atoms with Crippen LogP contribution < -0.4 is 19.3 Å². The summed E-state index contributed by atoms with van der Waals surface area (Å²) in [5, 5.41) is 19.9. The van der Waals surface area contributed by atoms with Gasteiger partial charge in [-0.2, -0.15) is 0 Å². The van der Waals surface area contributed by atoms with Crippen LogP contribution in [-0.2, 0) is 6.54 Å². The van der Waals surface area contributed by atoms with Crippen molar-refractivity contribution in [3.63, 3.8) is 0 Å². The van der Waals surface area contributed by atoms with Crippen LogP contribution in [0.2, 0.25) is 0 Å². The number of hydrogen-bond acceptors (Lipinski definition) is 6. The molecule has 6 heteroatoms. The fraction of sp³-hybridized carbons (Fsp3) is 0.308. The minimum atomic E-state index is 0.182. The van der Waals surface area contributed by atoms with Crippen LogP contribution in [0, 0.1) is 0 Å². The molecule has 0 aliphatic carbocycles. The second-order valence-corrected chi connectivity index (χ2v) is 8.01. The van der Waals surface area contributed by atoms with E-state index in [0.29, 0.717) is 24.7 Å². The van der Waals surface area contributed by atoms with Gasteiger partial charge >= 0.3 is 0 Å². The first-order valence-electron chi connectivity index (χ1n) is 10.8. The summed E-state index contributed by atoms with van der Waals surface area (Å²) in [6.45, 7) is 1.80. The van der Waals surface area contributed by atoms with Crippen molar-refractivity contribution in [2.45, 2.75) is 19.4 Å². The van der Waals surface area contributed by atoms with Crippen LogP contribution >= 0.6 is 0 Å². The molecule has 0 heterocycles. The van der Waals surface area contributed by atoms with Crippen molar-refractivity contribution in [2.75, 3.05) is 44.2 Å². The Hall–Kier alpha value is -3.54. The summed E-state index contributed by atoms with van der Waals surface area (Å²) in [5.41, 5.74) is 2.98. The highest BCUT2D eigenvalue weighted by Crippen LogP contribution is 2.29. The molecule has 3 aromatic rings. The van der Waals surface area contributed by atoms with E-state index in [2.05, 4.69) is 17.0 Å². The lowest BCUT2D eigenvalue weighted by molar-refractivity contribution is 0.265. The first-order chi connectivity index (χ1) is 15.4. The summed E-state index contributed by atoms with van der Waals surface area (Å²) in [7, 11) is 5.83. The molecule has 0 bridgehead atoms. The quantitative estimate of drug-likeness (QED) is 0.411. The van der Waals surface area contributed by atoms with Crippen LogP contribution in [0.4, 0.5) is 11.4 Å². The maximum atomic E-state index is 10.1. The molecule has 32 heavy (non-hydrogen) atoms. The second kappa shape index (κ2) is 11.2. The number of hydrogen-bond donors (Lipinski definition) is 2. The van der Waals surface area contributed by atoms with Gasteiger partial charge in [-0.1, -0.05) is 30.3 Å². The van der Waals surface area contributed by atoms with Crippen molar-refractivity contribution < 1.29 is 19.7 Å². The third-order valence-corrected chi connectivity index (χ3v) is 5.05. The van der Waals surface area contributed by atoms with Gasteiger partial charge in [-0.3, -0.25) is 0 Å². The zero-order chi connectivity index (χ0) is 22.9. The third kappa shape index (κ3) is 7.01. The van der Waals surface area contributed by atoms with Crippen molar-refractivity contribution in [1.29, 1.82) is 0 Å². The normalized spacial score (nSPS) is 10.6.